The summed E-state index contributed by atoms with van der Waals surface area (Å²) >= 11 is 2.09. The Hall–Kier alpha value is -5.47. The first kappa shape index (κ1) is 30.2. The number of imide groups is 1. The number of amides is 3. The number of non-ortho nitro benzene ring substituents is 1. The Morgan fingerprint density at radius 2 is 1.74 bits per heavy atom. The first-order valence-corrected chi connectivity index (χ1v) is 16.0. The number of carbonyl (C=O) groups excluding carboxylic acids is 3. The number of benzene rings is 4. The van der Waals surface area contributed by atoms with Crippen LogP contribution < -0.4 is 24.6 Å². The number of carbonyl (C=O) groups is 3. The molecule has 1 saturated heterocycles. The van der Waals surface area contributed by atoms with Crippen LogP contribution in [0, 0.1) is 16.0 Å². The maximum atomic E-state index is 14.0. The van der Waals surface area contributed by atoms with Crippen molar-refractivity contribution in [3.05, 3.63) is 115 Å². The van der Waals surface area contributed by atoms with Gasteiger partial charge in [0.15, 0.2) is 18.1 Å². The molecule has 1 aromatic heterocycles. The molecule has 3 atom stereocenters. The van der Waals surface area contributed by atoms with Crippen LogP contribution in [0.3, 0.4) is 0 Å². The number of methoxy groups -OCH3 is 1. The second kappa shape index (κ2) is 12.0. The van der Waals surface area contributed by atoms with Crippen molar-refractivity contribution in [2.45, 2.75) is 16.2 Å². The minimum atomic E-state index is -0.871. The molecule has 0 radical (unpaired) electrons. The van der Waals surface area contributed by atoms with Gasteiger partial charge in [0.1, 0.15) is 5.25 Å². The van der Waals surface area contributed by atoms with E-state index >= 15 is 0 Å². The molecule has 12 nitrogen and oxygen atoms in total. The number of hydrogen-bond donors (Lipinski definition) is 2. The van der Waals surface area contributed by atoms with Gasteiger partial charge in [-0.2, -0.15) is 0 Å². The zero-order chi connectivity index (χ0) is 32.8. The predicted molar refractivity (Wildman–Crippen MR) is 177 cm³/mol. The van der Waals surface area contributed by atoms with E-state index in [9.17, 15) is 29.3 Å². The molecular formula is C33H24N4O8S2. The molecular weight excluding hydrogens is 645 g/mol. The molecule has 0 spiro atoms. The fourth-order valence-electron chi connectivity index (χ4n) is 6.01. The maximum Gasteiger partial charge on any atom is 0.305 e. The van der Waals surface area contributed by atoms with E-state index in [-0.39, 0.29) is 34.5 Å². The van der Waals surface area contributed by atoms with Gasteiger partial charge in [0.25, 0.3) is 11.6 Å². The molecule has 0 saturated carbocycles. The number of aromatic nitrogens is 1. The summed E-state index contributed by atoms with van der Waals surface area (Å²) in [6.07, 6.45) is 0. The standard InChI is InChI=1S/C33H24N4O8S2/c1-44-24-15-18(9-14-23(24)45-16-25(38)34-22-8-4-6-17-5-2-3-7-21(17)22)26-27-29(46-30-28(26)47-33(41)35-30)32(40)36(31(27)39)19-10-12-20(13-11-19)37(42)43/h2-15,26-27,29H,16H2,1H3,(H,34,38)(H,35,41). The number of nitrogens with one attached hydrogen (secondary N) is 2. The van der Waals surface area contributed by atoms with Crippen molar-refractivity contribution in [2.75, 3.05) is 23.9 Å². The SMILES string of the molecule is COc1cc(C2c3sc(=O)[nH]c3SC3C(=O)N(c4ccc([N+](=O)[O-])cc4)C(=O)C32)ccc1OCC(=O)Nc1cccc2ccccc12. The van der Waals surface area contributed by atoms with Gasteiger partial charge in [-0.05, 0) is 41.3 Å². The molecule has 3 heterocycles. The first-order chi connectivity index (χ1) is 22.7. The second-order valence-corrected chi connectivity index (χ2v) is 13.0. The number of thioether (sulfide) groups is 1. The number of aromatic amines is 1. The highest BCUT2D eigenvalue weighted by molar-refractivity contribution is 8.00. The monoisotopic (exact) mass is 668 g/mol. The highest BCUT2D eigenvalue weighted by Gasteiger charge is 2.56. The molecule has 5 aromatic rings. The van der Waals surface area contributed by atoms with Gasteiger partial charge in [0.2, 0.25) is 11.8 Å². The third-order valence-electron chi connectivity index (χ3n) is 8.11. The van der Waals surface area contributed by atoms with Crippen LogP contribution >= 0.6 is 23.1 Å². The number of H-pyrrole nitrogens is 1. The van der Waals surface area contributed by atoms with Crippen molar-refractivity contribution in [3.63, 3.8) is 0 Å². The van der Waals surface area contributed by atoms with Gasteiger partial charge in [0, 0.05) is 34.0 Å². The van der Waals surface area contributed by atoms with Gasteiger partial charge >= 0.3 is 4.87 Å². The number of anilines is 2. The lowest BCUT2D eigenvalue weighted by atomic mass is 9.83. The van der Waals surface area contributed by atoms with E-state index in [0.29, 0.717) is 26.9 Å². The number of nitro benzene ring substituents is 1. The average molecular weight is 669 g/mol. The van der Waals surface area contributed by atoms with Crippen molar-refractivity contribution < 1.29 is 28.8 Å². The number of nitro groups is 1. The van der Waals surface area contributed by atoms with Crippen LogP contribution in [0.2, 0.25) is 0 Å². The second-order valence-electron chi connectivity index (χ2n) is 10.8. The minimum Gasteiger partial charge on any atom is -0.493 e. The van der Waals surface area contributed by atoms with Crippen LogP contribution in [0.4, 0.5) is 17.1 Å². The predicted octanol–water partition coefficient (Wildman–Crippen LogP) is 5.32. The van der Waals surface area contributed by atoms with Crippen LogP contribution in [-0.2, 0) is 14.4 Å². The van der Waals surface area contributed by atoms with Crippen molar-refractivity contribution >= 4 is 68.7 Å². The highest BCUT2D eigenvalue weighted by Crippen LogP contribution is 2.53. The Bertz CT molecular complexity index is 2140. The van der Waals surface area contributed by atoms with Gasteiger partial charge in [-0.1, -0.05) is 65.6 Å². The van der Waals surface area contributed by atoms with Crippen LogP contribution in [-0.4, -0.2) is 46.6 Å². The third kappa shape index (κ3) is 5.40. The lowest BCUT2D eigenvalue weighted by Crippen LogP contribution is -2.32. The number of fused-ring (bicyclic) bond motifs is 3. The molecule has 2 aliphatic rings. The summed E-state index contributed by atoms with van der Waals surface area (Å²) in [7, 11) is 1.45. The van der Waals surface area contributed by atoms with E-state index in [1.54, 1.807) is 18.2 Å². The summed E-state index contributed by atoms with van der Waals surface area (Å²) in [4.78, 5) is 67.7. The molecule has 3 amide bonds. The molecule has 2 aliphatic heterocycles. The summed E-state index contributed by atoms with van der Waals surface area (Å²) in [5.74, 6) is -2.31. The highest BCUT2D eigenvalue weighted by atomic mass is 32.2. The zero-order valence-electron chi connectivity index (χ0n) is 24.5. The average Bonchev–Trinajstić information content (AvgIpc) is 3.57. The summed E-state index contributed by atoms with van der Waals surface area (Å²) in [5, 5.41) is 15.6. The van der Waals surface area contributed by atoms with Crippen LogP contribution in [0.25, 0.3) is 10.8 Å². The number of ether oxygens (including phenoxy) is 2. The quantitative estimate of drug-likeness (QED) is 0.127. The van der Waals surface area contributed by atoms with Gasteiger partial charge in [-0.15, -0.1) is 0 Å². The summed E-state index contributed by atoms with van der Waals surface area (Å²) in [6, 6.07) is 23.6. The normalized spacial score (nSPS) is 18.5. The van der Waals surface area contributed by atoms with Crippen molar-refractivity contribution in [3.8, 4) is 11.5 Å². The number of hydrogen-bond acceptors (Lipinski definition) is 10. The Morgan fingerprint density at radius 1 is 0.979 bits per heavy atom. The molecule has 2 N–H and O–H groups in total. The van der Waals surface area contributed by atoms with Crippen LogP contribution in [0.5, 0.6) is 11.5 Å². The zero-order valence-corrected chi connectivity index (χ0v) is 26.1. The Morgan fingerprint density at radius 3 is 2.51 bits per heavy atom. The Labute approximate surface area is 274 Å². The Balaban J connectivity index is 1.16. The van der Waals surface area contributed by atoms with E-state index in [1.165, 1.54) is 31.4 Å². The van der Waals surface area contributed by atoms with E-state index in [2.05, 4.69) is 10.3 Å². The minimum absolute atomic E-state index is 0.169. The smallest absolute Gasteiger partial charge is 0.305 e. The molecule has 0 bridgehead atoms. The molecule has 7 rings (SSSR count). The maximum absolute atomic E-state index is 14.0. The van der Waals surface area contributed by atoms with E-state index in [0.717, 1.165) is 38.8 Å². The van der Waals surface area contributed by atoms with Gasteiger partial charge in [-0.3, -0.25) is 29.3 Å². The number of rotatable bonds is 8. The van der Waals surface area contributed by atoms with E-state index < -0.39 is 33.8 Å². The van der Waals surface area contributed by atoms with Gasteiger partial charge in [-0.25, -0.2) is 4.90 Å². The summed E-state index contributed by atoms with van der Waals surface area (Å²) < 4.78 is 11.5. The lowest BCUT2D eigenvalue weighted by Gasteiger charge is -2.30. The molecule has 3 unspecified atom stereocenters. The van der Waals surface area contributed by atoms with Crippen LogP contribution in [0.15, 0.2) is 94.7 Å². The van der Waals surface area contributed by atoms with E-state index in [1.807, 2.05) is 42.5 Å². The lowest BCUT2D eigenvalue weighted by molar-refractivity contribution is -0.384. The molecule has 14 heteroatoms. The number of thiazole rings is 1. The van der Waals surface area contributed by atoms with Gasteiger partial charge < -0.3 is 19.8 Å². The molecule has 4 aromatic carbocycles. The molecule has 1 fully saturated rings. The summed E-state index contributed by atoms with van der Waals surface area (Å²) in [5.41, 5.74) is 1.31. The van der Waals surface area contributed by atoms with Crippen molar-refractivity contribution in [2.24, 2.45) is 5.92 Å². The largest absolute Gasteiger partial charge is 0.493 e. The summed E-state index contributed by atoms with van der Waals surface area (Å²) in [6.45, 7) is -0.301. The first-order valence-electron chi connectivity index (χ1n) is 14.3. The van der Waals surface area contributed by atoms with E-state index in [4.69, 9.17) is 9.47 Å². The van der Waals surface area contributed by atoms with Crippen LogP contribution in [0.1, 0.15) is 16.4 Å². The van der Waals surface area contributed by atoms with Crippen molar-refractivity contribution in [1.82, 2.24) is 4.98 Å². The fourth-order valence-corrected chi connectivity index (χ4v) is 8.53. The molecule has 47 heavy (non-hydrogen) atoms. The fraction of sp³-hybridized carbons (Fsp3) is 0.152. The molecule has 0 aliphatic carbocycles. The third-order valence-corrected chi connectivity index (χ3v) is 10.5. The van der Waals surface area contributed by atoms with Crippen molar-refractivity contribution in [1.29, 1.82) is 0 Å². The number of nitrogens with zero attached hydrogens (tertiary/aromatic N) is 2. The van der Waals surface area contributed by atoms with Gasteiger partial charge in [0.05, 0.1) is 28.7 Å². The molecule has 236 valence electrons. The Kier molecular flexibility index (Phi) is 7.74. The topological polar surface area (TPSA) is 161 Å².